The molecule has 0 aliphatic rings. The second-order valence-corrected chi connectivity index (χ2v) is 6.50. The number of rotatable bonds is 8. The molecule has 128 valence electrons. The molecule has 0 fully saturated rings. The van der Waals surface area contributed by atoms with Gasteiger partial charge >= 0.3 is 0 Å². The van der Waals surface area contributed by atoms with Gasteiger partial charge in [0.05, 0.1) is 6.20 Å². The van der Waals surface area contributed by atoms with Crippen molar-refractivity contribution in [2.24, 2.45) is 5.41 Å². The lowest BCUT2D eigenvalue weighted by Crippen LogP contribution is -2.26. The minimum Gasteiger partial charge on any atom is -0.456 e. The molecular formula is C19H24N2O3. The Morgan fingerprint density at radius 2 is 1.96 bits per heavy atom. The SMILES string of the molecule is CC(C)(CO)CCCNC(=O)c1ccc(Oc2cccnc2)cc1. The molecule has 24 heavy (non-hydrogen) atoms. The van der Waals surface area contributed by atoms with Gasteiger partial charge in [-0.1, -0.05) is 13.8 Å². The van der Waals surface area contributed by atoms with Crippen LogP contribution in [-0.2, 0) is 0 Å². The Kier molecular flexibility index (Phi) is 6.32. The molecule has 2 N–H and O–H groups in total. The van der Waals surface area contributed by atoms with E-state index in [2.05, 4.69) is 10.3 Å². The van der Waals surface area contributed by atoms with Crippen LogP contribution in [0.4, 0.5) is 0 Å². The summed E-state index contributed by atoms with van der Waals surface area (Å²) in [4.78, 5) is 16.1. The summed E-state index contributed by atoms with van der Waals surface area (Å²) in [5, 5.41) is 12.1. The summed E-state index contributed by atoms with van der Waals surface area (Å²) in [5.74, 6) is 1.20. The van der Waals surface area contributed by atoms with Gasteiger partial charge in [-0.15, -0.1) is 0 Å². The standard InChI is InChI=1S/C19H24N2O3/c1-19(2,14-22)10-4-12-21-18(23)15-6-8-16(9-7-15)24-17-5-3-11-20-13-17/h3,5-9,11,13,22H,4,10,12,14H2,1-2H3,(H,21,23). The molecule has 0 aliphatic carbocycles. The summed E-state index contributed by atoms with van der Waals surface area (Å²) in [6.07, 6.45) is 5.01. The molecular weight excluding hydrogens is 304 g/mol. The number of aliphatic hydroxyl groups excluding tert-OH is 1. The van der Waals surface area contributed by atoms with Crippen molar-refractivity contribution in [1.82, 2.24) is 10.3 Å². The van der Waals surface area contributed by atoms with Crippen LogP contribution in [0.15, 0.2) is 48.8 Å². The Bertz CT molecular complexity index is 639. The van der Waals surface area contributed by atoms with Crippen LogP contribution >= 0.6 is 0 Å². The van der Waals surface area contributed by atoms with E-state index in [0.29, 0.717) is 23.6 Å². The maximum Gasteiger partial charge on any atom is 0.251 e. The lowest BCUT2D eigenvalue weighted by Gasteiger charge is -2.21. The largest absolute Gasteiger partial charge is 0.456 e. The van der Waals surface area contributed by atoms with Crippen LogP contribution in [0.3, 0.4) is 0 Å². The molecule has 0 radical (unpaired) electrons. The Labute approximate surface area is 142 Å². The maximum absolute atomic E-state index is 12.1. The molecule has 1 heterocycles. The van der Waals surface area contributed by atoms with E-state index in [0.717, 1.165) is 12.8 Å². The van der Waals surface area contributed by atoms with Gasteiger partial charge in [-0.25, -0.2) is 0 Å². The second-order valence-electron chi connectivity index (χ2n) is 6.50. The minimum absolute atomic E-state index is 0.101. The molecule has 1 aromatic carbocycles. The van der Waals surface area contributed by atoms with Crippen LogP contribution in [0.5, 0.6) is 11.5 Å². The van der Waals surface area contributed by atoms with E-state index in [1.54, 1.807) is 42.7 Å². The molecule has 2 rings (SSSR count). The Morgan fingerprint density at radius 1 is 1.21 bits per heavy atom. The van der Waals surface area contributed by atoms with E-state index in [1.165, 1.54) is 0 Å². The van der Waals surface area contributed by atoms with Gasteiger partial charge in [0.15, 0.2) is 0 Å². The van der Waals surface area contributed by atoms with Crippen molar-refractivity contribution >= 4 is 5.91 Å². The maximum atomic E-state index is 12.1. The van der Waals surface area contributed by atoms with Gasteiger partial charge in [-0.05, 0) is 54.7 Å². The molecule has 5 nitrogen and oxygen atoms in total. The number of hydrogen-bond acceptors (Lipinski definition) is 4. The van der Waals surface area contributed by atoms with Crippen molar-refractivity contribution in [2.45, 2.75) is 26.7 Å². The summed E-state index contributed by atoms with van der Waals surface area (Å²) < 4.78 is 5.64. The number of carbonyl (C=O) groups excluding carboxylic acids is 1. The van der Waals surface area contributed by atoms with E-state index in [9.17, 15) is 9.90 Å². The highest BCUT2D eigenvalue weighted by Gasteiger charge is 2.15. The van der Waals surface area contributed by atoms with Crippen molar-refractivity contribution in [2.75, 3.05) is 13.2 Å². The molecule has 0 saturated carbocycles. The van der Waals surface area contributed by atoms with Crippen LogP contribution in [-0.4, -0.2) is 29.1 Å². The fourth-order valence-electron chi connectivity index (χ4n) is 2.17. The number of aliphatic hydroxyl groups is 1. The predicted molar refractivity (Wildman–Crippen MR) is 93.2 cm³/mol. The quantitative estimate of drug-likeness (QED) is 0.729. The third-order valence-electron chi connectivity index (χ3n) is 3.73. The highest BCUT2D eigenvalue weighted by atomic mass is 16.5. The highest BCUT2D eigenvalue weighted by Crippen LogP contribution is 2.21. The molecule has 0 bridgehead atoms. The fourth-order valence-corrected chi connectivity index (χ4v) is 2.17. The predicted octanol–water partition coefficient (Wildman–Crippen LogP) is 3.40. The Morgan fingerprint density at radius 3 is 2.58 bits per heavy atom. The molecule has 0 saturated heterocycles. The molecule has 2 aromatic rings. The van der Waals surface area contributed by atoms with Crippen molar-refractivity contribution in [3.63, 3.8) is 0 Å². The van der Waals surface area contributed by atoms with E-state index < -0.39 is 0 Å². The lowest BCUT2D eigenvalue weighted by atomic mass is 9.89. The summed E-state index contributed by atoms with van der Waals surface area (Å²) >= 11 is 0. The molecule has 0 atom stereocenters. The summed E-state index contributed by atoms with van der Waals surface area (Å²) in [6, 6.07) is 10.6. The van der Waals surface area contributed by atoms with Gasteiger partial charge in [-0.3, -0.25) is 9.78 Å². The van der Waals surface area contributed by atoms with Gasteiger partial charge in [0.25, 0.3) is 5.91 Å². The Hall–Kier alpha value is -2.40. The first kappa shape index (κ1) is 17.9. The third-order valence-corrected chi connectivity index (χ3v) is 3.73. The number of benzene rings is 1. The number of pyridine rings is 1. The first-order valence-corrected chi connectivity index (χ1v) is 8.07. The zero-order chi connectivity index (χ0) is 17.4. The van der Waals surface area contributed by atoms with E-state index in [-0.39, 0.29) is 17.9 Å². The molecule has 0 aliphatic heterocycles. The first-order chi connectivity index (χ1) is 11.5. The van der Waals surface area contributed by atoms with Gasteiger partial charge in [0, 0.05) is 24.9 Å². The van der Waals surface area contributed by atoms with Crippen molar-refractivity contribution in [3.8, 4) is 11.5 Å². The number of nitrogens with zero attached hydrogens (tertiary/aromatic N) is 1. The number of aromatic nitrogens is 1. The van der Waals surface area contributed by atoms with Crippen molar-refractivity contribution in [3.05, 3.63) is 54.4 Å². The topological polar surface area (TPSA) is 71.5 Å². The van der Waals surface area contributed by atoms with Gasteiger partial charge < -0.3 is 15.2 Å². The van der Waals surface area contributed by atoms with Gasteiger partial charge in [0.2, 0.25) is 0 Å². The summed E-state index contributed by atoms with van der Waals surface area (Å²) in [7, 11) is 0. The monoisotopic (exact) mass is 328 g/mol. The zero-order valence-corrected chi connectivity index (χ0v) is 14.2. The van der Waals surface area contributed by atoms with Crippen LogP contribution in [0, 0.1) is 5.41 Å². The Balaban J connectivity index is 1.81. The molecule has 0 spiro atoms. The van der Waals surface area contributed by atoms with Crippen LogP contribution in [0.1, 0.15) is 37.0 Å². The normalized spacial score (nSPS) is 11.1. The molecule has 1 amide bonds. The molecule has 0 unspecified atom stereocenters. The van der Waals surface area contributed by atoms with Crippen LogP contribution in [0.2, 0.25) is 0 Å². The lowest BCUT2D eigenvalue weighted by molar-refractivity contribution is 0.0948. The number of hydrogen-bond donors (Lipinski definition) is 2. The van der Waals surface area contributed by atoms with E-state index >= 15 is 0 Å². The number of carbonyl (C=O) groups is 1. The zero-order valence-electron chi connectivity index (χ0n) is 14.2. The minimum atomic E-state index is -0.107. The fraction of sp³-hybridized carbons (Fsp3) is 0.368. The van der Waals surface area contributed by atoms with Gasteiger partial charge in [0.1, 0.15) is 11.5 Å². The second kappa shape index (κ2) is 8.45. The molecule has 5 heteroatoms. The number of amides is 1. The van der Waals surface area contributed by atoms with Crippen molar-refractivity contribution in [1.29, 1.82) is 0 Å². The summed E-state index contributed by atoms with van der Waals surface area (Å²) in [6.45, 7) is 4.77. The summed E-state index contributed by atoms with van der Waals surface area (Å²) in [5.41, 5.74) is 0.491. The van der Waals surface area contributed by atoms with Crippen molar-refractivity contribution < 1.29 is 14.6 Å². The third kappa shape index (κ3) is 5.66. The number of nitrogens with one attached hydrogen (secondary N) is 1. The van der Waals surface area contributed by atoms with Gasteiger partial charge in [-0.2, -0.15) is 0 Å². The highest BCUT2D eigenvalue weighted by molar-refractivity contribution is 5.94. The number of ether oxygens (including phenoxy) is 1. The van der Waals surface area contributed by atoms with E-state index in [1.807, 2.05) is 19.9 Å². The van der Waals surface area contributed by atoms with Crippen LogP contribution in [0.25, 0.3) is 0 Å². The molecule has 1 aromatic heterocycles. The van der Waals surface area contributed by atoms with E-state index in [4.69, 9.17) is 4.74 Å². The average Bonchev–Trinajstić information content (AvgIpc) is 2.60. The first-order valence-electron chi connectivity index (χ1n) is 8.07. The average molecular weight is 328 g/mol. The van der Waals surface area contributed by atoms with Crippen LogP contribution < -0.4 is 10.1 Å². The smallest absolute Gasteiger partial charge is 0.251 e.